The first-order valence-electron chi connectivity index (χ1n) is 3.59. The van der Waals surface area contributed by atoms with Crippen molar-refractivity contribution in [3.05, 3.63) is 5.51 Å². The molecule has 1 heterocycles. The summed E-state index contributed by atoms with van der Waals surface area (Å²) in [5, 5.41) is 11.4. The molecule has 0 aliphatic heterocycles. The molecule has 0 radical (unpaired) electrons. The van der Waals surface area contributed by atoms with Crippen LogP contribution in [-0.2, 0) is 10.8 Å². The second kappa shape index (κ2) is 5.21. The van der Waals surface area contributed by atoms with Gasteiger partial charge in [-0.1, -0.05) is 11.3 Å². The standard InChI is InChI=1S/C6H11N3OS2/c1-12(10)4-2-3-7-6-9-8-5-11-6/h5H,2-4H2,1H3,(H,7,9). The van der Waals surface area contributed by atoms with Gasteiger partial charge in [0.15, 0.2) is 0 Å². The van der Waals surface area contributed by atoms with Crippen LogP contribution in [0.15, 0.2) is 5.51 Å². The minimum atomic E-state index is -0.686. The summed E-state index contributed by atoms with van der Waals surface area (Å²) in [7, 11) is -0.686. The van der Waals surface area contributed by atoms with Gasteiger partial charge in [0.25, 0.3) is 0 Å². The first-order valence-corrected chi connectivity index (χ1v) is 6.20. The molecule has 0 aliphatic carbocycles. The van der Waals surface area contributed by atoms with Crippen molar-refractivity contribution in [2.24, 2.45) is 0 Å². The Morgan fingerprint density at radius 2 is 2.58 bits per heavy atom. The molecular weight excluding hydrogens is 194 g/mol. The molecule has 1 rings (SSSR count). The third-order valence-corrected chi connectivity index (χ3v) is 2.76. The highest BCUT2D eigenvalue weighted by atomic mass is 32.2. The Balaban J connectivity index is 2.07. The third kappa shape index (κ3) is 3.77. The van der Waals surface area contributed by atoms with Crippen LogP contribution in [0.5, 0.6) is 0 Å². The number of nitrogens with one attached hydrogen (secondary N) is 1. The molecule has 1 N–H and O–H groups in total. The van der Waals surface area contributed by atoms with Crippen molar-refractivity contribution < 1.29 is 4.21 Å². The minimum Gasteiger partial charge on any atom is -0.360 e. The van der Waals surface area contributed by atoms with E-state index in [1.807, 2.05) is 0 Å². The lowest BCUT2D eigenvalue weighted by Gasteiger charge is -1.98. The van der Waals surface area contributed by atoms with Crippen LogP contribution < -0.4 is 5.32 Å². The minimum absolute atomic E-state index is 0.686. The molecule has 0 saturated carbocycles. The molecule has 1 aromatic heterocycles. The lowest BCUT2D eigenvalue weighted by molar-refractivity contribution is 0.685. The van der Waals surface area contributed by atoms with Gasteiger partial charge < -0.3 is 5.32 Å². The Morgan fingerprint density at radius 3 is 3.17 bits per heavy atom. The van der Waals surface area contributed by atoms with Crippen LogP contribution in [0.1, 0.15) is 6.42 Å². The lowest BCUT2D eigenvalue weighted by Crippen LogP contribution is -2.05. The van der Waals surface area contributed by atoms with Crippen molar-refractivity contribution in [1.29, 1.82) is 0 Å². The van der Waals surface area contributed by atoms with Gasteiger partial charge in [0.1, 0.15) is 5.51 Å². The Labute approximate surface area is 77.9 Å². The molecule has 1 aromatic rings. The van der Waals surface area contributed by atoms with Gasteiger partial charge in [-0.15, -0.1) is 10.2 Å². The van der Waals surface area contributed by atoms with Crippen LogP contribution in [-0.4, -0.2) is 33.0 Å². The van der Waals surface area contributed by atoms with Crippen molar-refractivity contribution in [1.82, 2.24) is 10.2 Å². The smallest absolute Gasteiger partial charge is 0.205 e. The summed E-state index contributed by atoms with van der Waals surface area (Å²) in [5.74, 6) is 0.742. The third-order valence-electron chi connectivity index (χ3n) is 1.24. The van der Waals surface area contributed by atoms with Gasteiger partial charge in [0.2, 0.25) is 5.13 Å². The van der Waals surface area contributed by atoms with Crippen molar-refractivity contribution >= 4 is 27.3 Å². The topological polar surface area (TPSA) is 54.9 Å². The number of anilines is 1. The van der Waals surface area contributed by atoms with Gasteiger partial charge in [0, 0.05) is 29.4 Å². The predicted octanol–water partition coefficient (Wildman–Crippen LogP) is 0.719. The first-order chi connectivity index (χ1) is 5.79. The van der Waals surface area contributed by atoms with Crippen LogP contribution in [0.4, 0.5) is 5.13 Å². The van der Waals surface area contributed by atoms with Gasteiger partial charge in [-0.25, -0.2) is 0 Å². The average molecular weight is 205 g/mol. The zero-order valence-corrected chi connectivity index (χ0v) is 8.45. The summed E-state index contributed by atoms with van der Waals surface area (Å²) in [5.41, 5.74) is 1.68. The lowest BCUT2D eigenvalue weighted by atomic mass is 10.5. The van der Waals surface area contributed by atoms with Crippen molar-refractivity contribution in [3.63, 3.8) is 0 Å². The maximum absolute atomic E-state index is 10.7. The molecule has 0 fully saturated rings. The van der Waals surface area contributed by atoms with E-state index in [4.69, 9.17) is 0 Å². The molecule has 68 valence electrons. The first kappa shape index (κ1) is 9.60. The molecule has 0 saturated heterocycles. The van der Waals surface area contributed by atoms with Gasteiger partial charge in [-0.05, 0) is 6.42 Å². The summed E-state index contributed by atoms with van der Waals surface area (Å²) >= 11 is 1.47. The fourth-order valence-corrected chi connectivity index (χ4v) is 1.75. The summed E-state index contributed by atoms with van der Waals surface area (Å²) in [4.78, 5) is 0. The summed E-state index contributed by atoms with van der Waals surface area (Å²) in [6.07, 6.45) is 2.62. The van der Waals surface area contributed by atoms with Crippen LogP contribution in [0.2, 0.25) is 0 Å². The van der Waals surface area contributed by atoms with E-state index in [-0.39, 0.29) is 0 Å². The normalized spacial score (nSPS) is 12.8. The molecule has 6 heteroatoms. The van der Waals surface area contributed by atoms with Crippen molar-refractivity contribution in [3.8, 4) is 0 Å². The molecule has 1 atom stereocenters. The number of hydrogen-bond donors (Lipinski definition) is 1. The van der Waals surface area contributed by atoms with E-state index in [1.165, 1.54) is 11.3 Å². The Bertz CT molecular complexity index is 237. The van der Waals surface area contributed by atoms with Gasteiger partial charge >= 0.3 is 0 Å². The Morgan fingerprint density at radius 1 is 1.75 bits per heavy atom. The van der Waals surface area contributed by atoms with Crippen LogP contribution >= 0.6 is 11.3 Å². The van der Waals surface area contributed by atoms with Crippen molar-refractivity contribution in [2.75, 3.05) is 23.9 Å². The summed E-state index contributed by atoms with van der Waals surface area (Å²) in [6, 6.07) is 0. The average Bonchev–Trinajstić information content (AvgIpc) is 2.49. The highest BCUT2D eigenvalue weighted by Crippen LogP contribution is 2.07. The second-order valence-electron chi connectivity index (χ2n) is 2.30. The highest BCUT2D eigenvalue weighted by molar-refractivity contribution is 7.84. The SMILES string of the molecule is CS(=O)CCCNc1nncs1. The number of aromatic nitrogens is 2. The Hall–Kier alpha value is -0.490. The van der Waals surface area contributed by atoms with E-state index >= 15 is 0 Å². The molecule has 1 unspecified atom stereocenters. The maximum atomic E-state index is 10.7. The number of nitrogens with zero attached hydrogens (tertiary/aromatic N) is 2. The van der Waals surface area contributed by atoms with Crippen LogP contribution in [0.3, 0.4) is 0 Å². The molecule has 0 bridgehead atoms. The van der Waals surface area contributed by atoms with Gasteiger partial charge in [0.05, 0.1) is 0 Å². The Kier molecular flexibility index (Phi) is 4.16. The molecule has 0 amide bonds. The fourth-order valence-electron chi connectivity index (χ4n) is 0.721. The second-order valence-corrected chi connectivity index (χ2v) is 4.69. The van der Waals surface area contributed by atoms with E-state index in [0.29, 0.717) is 0 Å². The van der Waals surface area contributed by atoms with E-state index in [0.717, 1.165) is 23.8 Å². The van der Waals surface area contributed by atoms with E-state index in [1.54, 1.807) is 11.8 Å². The molecule has 0 spiro atoms. The number of rotatable bonds is 5. The summed E-state index contributed by atoms with van der Waals surface area (Å²) < 4.78 is 10.7. The van der Waals surface area contributed by atoms with E-state index in [9.17, 15) is 4.21 Å². The monoisotopic (exact) mass is 205 g/mol. The fraction of sp³-hybridized carbons (Fsp3) is 0.667. The zero-order chi connectivity index (χ0) is 8.81. The maximum Gasteiger partial charge on any atom is 0.205 e. The molecule has 0 aromatic carbocycles. The highest BCUT2D eigenvalue weighted by Gasteiger charge is 1.94. The van der Waals surface area contributed by atoms with Crippen molar-refractivity contribution in [2.45, 2.75) is 6.42 Å². The van der Waals surface area contributed by atoms with Gasteiger partial charge in [-0.2, -0.15) is 0 Å². The molecule has 4 nitrogen and oxygen atoms in total. The zero-order valence-electron chi connectivity index (χ0n) is 6.82. The van der Waals surface area contributed by atoms with Crippen LogP contribution in [0.25, 0.3) is 0 Å². The van der Waals surface area contributed by atoms with E-state index < -0.39 is 10.8 Å². The molecule has 12 heavy (non-hydrogen) atoms. The summed E-state index contributed by atoms with van der Waals surface area (Å²) in [6.45, 7) is 0.814. The largest absolute Gasteiger partial charge is 0.360 e. The molecule has 0 aliphatic rings. The predicted molar refractivity (Wildman–Crippen MR) is 51.9 cm³/mol. The van der Waals surface area contributed by atoms with Gasteiger partial charge in [-0.3, -0.25) is 4.21 Å². The molecular formula is C6H11N3OS2. The van der Waals surface area contributed by atoms with Crippen LogP contribution in [0, 0.1) is 0 Å². The quantitative estimate of drug-likeness (QED) is 0.720. The number of hydrogen-bond acceptors (Lipinski definition) is 5. The van der Waals surface area contributed by atoms with E-state index in [2.05, 4.69) is 15.5 Å².